The SMILES string of the molecule is FC(F)(F)c1cccc(CN2CCNCC2C2CC2)c1. The molecule has 5 heteroatoms. The van der Waals surface area contributed by atoms with E-state index < -0.39 is 11.7 Å². The number of halogens is 3. The summed E-state index contributed by atoms with van der Waals surface area (Å²) >= 11 is 0. The molecule has 1 aromatic carbocycles. The predicted molar refractivity (Wildman–Crippen MR) is 71.2 cm³/mol. The van der Waals surface area contributed by atoms with Crippen molar-refractivity contribution in [3.05, 3.63) is 35.4 Å². The van der Waals surface area contributed by atoms with E-state index in [1.165, 1.54) is 25.0 Å². The normalized spacial score (nSPS) is 24.9. The molecule has 0 amide bonds. The number of nitrogens with one attached hydrogen (secondary N) is 1. The van der Waals surface area contributed by atoms with E-state index in [0.717, 1.165) is 37.2 Å². The average Bonchev–Trinajstić information content (AvgIpc) is 3.23. The molecule has 2 fully saturated rings. The average molecular weight is 284 g/mol. The number of rotatable bonds is 3. The van der Waals surface area contributed by atoms with Crippen LogP contribution >= 0.6 is 0 Å². The summed E-state index contributed by atoms with van der Waals surface area (Å²) in [6.45, 7) is 3.41. The van der Waals surface area contributed by atoms with Gasteiger partial charge in [-0.15, -0.1) is 0 Å². The third kappa shape index (κ3) is 3.15. The van der Waals surface area contributed by atoms with Crippen LogP contribution in [0.5, 0.6) is 0 Å². The van der Waals surface area contributed by atoms with Gasteiger partial charge in [-0.2, -0.15) is 13.2 Å². The second-order valence-electron chi connectivity index (χ2n) is 5.78. The molecule has 1 aliphatic carbocycles. The van der Waals surface area contributed by atoms with Crippen LogP contribution in [0.4, 0.5) is 13.2 Å². The molecule has 1 saturated heterocycles. The van der Waals surface area contributed by atoms with Crippen molar-refractivity contribution < 1.29 is 13.2 Å². The summed E-state index contributed by atoms with van der Waals surface area (Å²) < 4.78 is 38.2. The Kier molecular flexibility index (Phi) is 3.73. The van der Waals surface area contributed by atoms with Gasteiger partial charge >= 0.3 is 6.18 Å². The minimum atomic E-state index is -4.25. The first-order valence-electron chi connectivity index (χ1n) is 7.15. The zero-order valence-corrected chi connectivity index (χ0v) is 11.3. The van der Waals surface area contributed by atoms with Crippen molar-refractivity contribution in [3.8, 4) is 0 Å². The van der Waals surface area contributed by atoms with Crippen molar-refractivity contribution >= 4 is 0 Å². The van der Waals surface area contributed by atoms with Crippen molar-refractivity contribution in [2.75, 3.05) is 19.6 Å². The first kappa shape index (κ1) is 13.9. The fraction of sp³-hybridized carbons (Fsp3) is 0.600. The minimum absolute atomic E-state index is 0.485. The summed E-state index contributed by atoms with van der Waals surface area (Å²) in [7, 11) is 0. The Labute approximate surface area is 117 Å². The molecule has 1 saturated carbocycles. The van der Waals surface area contributed by atoms with Crippen molar-refractivity contribution in [2.24, 2.45) is 5.92 Å². The van der Waals surface area contributed by atoms with Gasteiger partial charge in [0.15, 0.2) is 0 Å². The highest BCUT2D eigenvalue weighted by molar-refractivity contribution is 5.25. The maximum Gasteiger partial charge on any atom is 0.416 e. The highest BCUT2D eigenvalue weighted by atomic mass is 19.4. The van der Waals surface area contributed by atoms with Crippen LogP contribution in [0.2, 0.25) is 0 Å². The molecule has 0 aromatic heterocycles. The van der Waals surface area contributed by atoms with Gasteiger partial charge in [0.25, 0.3) is 0 Å². The zero-order valence-electron chi connectivity index (χ0n) is 11.3. The Morgan fingerprint density at radius 2 is 2.05 bits per heavy atom. The standard InChI is InChI=1S/C15H19F3N2/c16-15(17,18)13-3-1-2-11(8-13)10-20-7-6-19-9-14(20)12-4-5-12/h1-3,8,12,14,19H,4-7,9-10H2. The van der Waals surface area contributed by atoms with Crippen LogP contribution in [0.25, 0.3) is 0 Å². The highest BCUT2D eigenvalue weighted by Crippen LogP contribution is 2.36. The van der Waals surface area contributed by atoms with Gasteiger partial charge in [-0.05, 0) is 30.4 Å². The van der Waals surface area contributed by atoms with Crippen LogP contribution < -0.4 is 5.32 Å². The van der Waals surface area contributed by atoms with Crippen LogP contribution in [0, 0.1) is 5.92 Å². The van der Waals surface area contributed by atoms with E-state index in [4.69, 9.17) is 0 Å². The van der Waals surface area contributed by atoms with Gasteiger partial charge in [0.1, 0.15) is 0 Å². The van der Waals surface area contributed by atoms with E-state index in [0.29, 0.717) is 12.6 Å². The second kappa shape index (κ2) is 5.37. The summed E-state index contributed by atoms with van der Waals surface area (Å²) in [6.07, 6.45) is -1.74. The van der Waals surface area contributed by atoms with Crippen LogP contribution in [-0.4, -0.2) is 30.6 Å². The minimum Gasteiger partial charge on any atom is -0.314 e. The van der Waals surface area contributed by atoms with Gasteiger partial charge in [-0.3, -0.25) is 4.90 Å². The maximum atomic E-state index is 12.7. The lowest BCUT2D eigenvalue weighted by atomic mass is 10.1. The van der Waals surface area contributed by atoms with Gasteiger partial charge < -0.3 is 5.32 Å². The molecule has 1 aromatic rings. The third-order valence-electron chi connectivity index (χ3n) is 4.20. The molecule has 1 atom stereocenters. The van der Waals surface area contributed by atoms with Crippen LogP contribution in [0.15, 0.2) is 24.3 Å². The molecule has 0 spiro atoms. The Hall–Kier alpha value is -1.07. The van der Waals surface area contributed by atoms with Gasteiger partial charge in [0.2, 0.25) is 0 Å². The quantitative estimate of drug-likeness (QED) is 0.918. The summed E-state index contributed by atoms with van der Waals surface area (Å²) in [5.41, 5.74) is 0.209. The Bertz CT molecular complexity index is 468. The highest BCUT2D eigenvalue weighted by Gasteiger charge is 2.36. The Morgan fingerprint density at radius 3 is 2.75 bits per heavy atom. The summed E-state index contributed by atoms with van der Waals surface area (Å²) in [6, 6.07) is 6.21. The van der Waals surface area contributed by atoms with Crippen molar-refractivity contribution in [1.29, 1.82) is 0 Å². The molecule has 3 rings (SSSR count). The van der Waals surface area contributed by atoms with Crippen LogP contribution in [0.3, 0.4) is 0 Å². The molecule has 1 N–H and O–H groups in total. The molecule has 0 radical (unpaired) electrons. The third-order valence-corrected chi connectivity index (χ3v) is 4.20. The van der Waals surface area contributed by atoms with Gasteiger partial charge in [-0.1, -0.05) is 18.2 Å². The lowest BCUT2D eigenvalue weighted by molar-refractivity contribution is -0.137. The molecular weight excluding hydrogens is 265 g/mol. The van der Waals surface area contributed by atoms with Crippen LogP contribution in [-0.2, 0) is 12.7 Å². The number of alkyl halides is 3. The number of hydrogen-bond donors (Lipinski definition) is 1. The molecule has 1 unspecified atom stereocenters. The lowest BCUT2D eigenvalue weighted by Crippen LogP contribution is -2.51. The lowest BCUT2D eigenvalue weighted by Gasteiger charge is -2.36. The zero-order chi connectivity index (χ0) is 14.2. The van der Waals surface area contributed by atoms with Gasteiger partial charge in [0.05, 0.1) is 5.56 Å². The van der Waals surface area contributed by atoms with Gasteiger partial charge in [0, 0.05) is 32.2 Å². The van der Waals surface area contributed by atoms with Crippen LogP contribution in [0.1, 0.15) is 24.0 Å². The molecule has 110 valence electrons. The largest absolute Gasteiger partial charge is 0.416 e. The number of nitrogens with zero attached hydrogens (tertiary/aromatic N) is 1. The first-order chi connectivity index (χ1) is 9.54. The van der Waals surface area contributed by atoms with E-state index in [2.05, 4.69) is 10.2 Å². The summed E-state index contributed by atoms with van der Waals surface area (Å²) in [5.74, 6) is 0.730. The first-order valence-corrected chi connectivity index (χ1v) is 7.15. The fourth-order valence-electron chi connectivity index (χ4n) is 2.99. The van der Waals surface area contributed by atoms with Crippen molar-refractivity contribution in [2.45, 2.75) is 31.6 Å². The molecule has 1 aliphatic heterocycles. The summed E-state index contributed by atoms with van der Waals surface area (Å²) in [5, 5.41) is 3.39. The molecule has 2 aliphatic rings. The second-order valence-corrected chi connectivity index (χ2v) is 5.78. The molecule has 0 bridgehead atoms. The molecular formula is C15H19F3N2. The number of piperazine rings is 1. The van der Waals surface area contributed by atoms with Gasteiger partial charge in [-0.25, -0.2) is 0 Å². The Balaban J connectivity index is 1.73. The maximum absolute atomic E-state index is 12.7. The Morgan fingerprint density at radius 1 is 1.25 bits per heavy atom. The van der Waals surface area contributed by atoms with E-state index in [1.807, 2.05) is 0 Å². The predicted octanol–water partition coefficient (Wildman–Crippen LogP) is 2.89. The molecule has 20 heavy (non-hydrogen) atoms. The van der Waals surface area contributed by atoms with E-state index >= 15 is 0 Å². The number of hydrogen-bond acceptors (Lipinski definition) is 2. The monoisotopic (exact) mass is 284 g/mol. The fourth-order valence-corrected chi connectivity index (χ4v) is 2.99. The summed E-state index contributed by atoms with van der Waals surface area (Å²) in [4.78, 5) is 2.34. The van der Waals surface area contributed by atoms with E-state index in [1.54, 1.807) is 6.07 Å². The van der Waals surface area contributed by atoms with Crippen molar-refractivity contribution in [1.82, 2.24) is 10.2 Å². The van der Waals surface area contributed by atoms with E-state index in [-0.39, 0.29) is 0 Å². The topological polar surface area (TPSA) is 15.3 Å². The molecule has 1 heterocycles. The van der Waals surface area contributed by atoms with Crippen molar-refractivity contribution in [3.63, 3.8) is 0 Å². The van der Waals surface area contributed by atoms with E-state index in [9.17, 15) is 13.2 Å². The number of benzene rings is 1. The smallest absolute Gasteiger partial charge is 0.314 e. The molecule has 2 nitrogen and oxygen atoms in total.